The lowest BCUT2D eigenvalue weighted by atomic mass is 9.57. The Bertz CT molecular complexity index is 1390. The molecule has 1 aliphatic heterocycles. The number of nitrogens with two attached hydrogens (primary N) is 1. The van der Waals surface area contributed by atoms with E-state index in [1.165, 1.54) is 0 Å². The number of carbonyl (C=O) groups is 3. The van der Waals surface area contributed by atoms with Gasteiger partial charge in [0.15, 0.2) is 11.4 Å². The Labute approximate surface area is 224 Å². The van der Waals surface area contributed by atoms with Crippen LogP contribution in [0.4, 0.5) is 10.1 Å². The van der Waals surface area contributed by atoms with E-state index in [-0.39, 0.29) is 46.8 Å². The van der Waals surface area contributed by atoms with Crippen molar-refractivity contribution in [1.82, 2.24) is 9.80 Å². The van der Waals surface area contributed by atoms with E-state index in [4.69, 9.17) is 5.73 Å². The number of amides is 1. The van der Waals surface area contributed by atoms with Gasteiger partial charge >= 0.3 is 0 Å². The Hall–Kier alpha value is -3.48. The van der Waals surface area contributed by atoms with Gasteiger partial charge in [0.2, 0.25) is 5.78 Å². The zero-order chi connectivity index (χ0) is 28.7. The number of primary amides is 1. The zero-order valence-electron chi connectivity index (χ0n) is 22.2. The first-order valence-electron chi connectivity index (χ1n) is 12.9. The second-order valence-electron chi connectivity index (χ2n) is 11.1. The number of likely N-dealkylation sites (N-methyl/N-ethyl adjacent to an activating group) is 1. The van der Waals surface area contributed by atoms with Crippen molar-refractivity contribution in [3.8, 4) is 5.75 Å². The maximum atomic E-state index is 16.2. The van der Waals surface area contributed by atoms with Crippen molar-refractivity contribution in [1.29, 1.82) is 0 Å². The van der Waals surface area contributed by atoms with Crippen molar-refractivity contribution < 1.29 is 39.2 Å². The number of phenolic OH excluding ortho intramolecular Hbond substituents is 1. The number of nitrogens with zero attached hydrogens (tertiary/aromatic N) is 2. The lowest BCUT2D eigenvalue weighted by Gasteiger charge is -2.50. The van der Waals surface area contributed by atoms with E-state index in [0.29, 0.717) is 19.5 Å². The molecule has 12 heteroatoms. The standard InChI is InChI=1S/C27H33FN4O7/c1-5-32(4)20-12-9-10-8-11-15(22(34)19-16(18(11)28)13(31(2)3)6-7-30-19)21(33)14(10)24(36)27(12,39)25(37)17(23(20)35)26(29)38/h10,12-13,20,30,33-34,37,39H,5-9H2,1-4H3,(H2,29,38)/t10-,12-,13?,20-,27-/m0/s1. The fourth-order valence-corrected chi connectivity index (χ4v) is 6.95. The molecule has 7 N–H and O–H groups in total. The monoisotopic (exact) mass is 544 g/mol. The minimum absolute atomic E-state index is 0.0337. The summed E-state index contributed by atoms with van der Waals surface area (Å²) < 4.78 is 16.2. The number of nitrogens with one attached hydrogen (secondary N) is 1. The van der Waals surface area contributed by atoms with Gasteiger partial charge in [0.1, 0.15) is 28.7 Å². The highest BCUT2D eigenvalue weighted by Crippen LogP contribution is 2.55. The molecular weight excluding hydrogens is 511 g/mol. The molecule has 0 spiro atoms. The van der Waals surface area contributed by atoms with Crippen LogP contribution in [-0.4, -0.2) is 93.6 Å². The van der Waals surface area contributed by atoms with E-state index in [9.17, 15) is 34.8 Å². The van der Waals surface area contributed by atoms with Crippen LogP contribution in [0.15, 0.2) is 16.9 Å². The van der Waals surface area contributed by atoms with Crippen LogP contribution < -0.4 is 11.1 Å². The Morgan fingerprint density at radius 3 is 2.46 bits per heavy atom. The molecule has 0 bridgehead atoms. The molecule has 210 valence electrons. The third-order valence-electron chi connectivity index (χ3n) is 8.95. The number of phenols is 1. The van der Waals surface area contributed by atoms with Crippen molar-refractivity contribution in [3.05, 3.63) is 39.4 Å². The maximum absolute atomic E-state index is 16.2. The number of halogens is 1. The molecule has 1 unspecified atom stereocenters. The number of fused-ring (bicyclic) bond motifs is 4. The van der Waals surface area contributed by atoms with Gasteiger partial charge in [-0.1, -0.05) is 6.92 Å². The van der Waals surface area contributed by atoms with E-state index in [1.807, 2.05) is 4.90 Å². The summed E-state index contributed by atoms with van der Waals surface area (Å²) in [5.74, 6) is -8.18. The molecule has 1 fully saturated rings. The van der Waals surface area contributed by atoms with E-state index < -0.39 is 69.6 Å². The van der Waals surface area contributed by atoms with Crippen LogP contribution in [0.1, 0.15) is 42.5 Å². The van der Waals surface area contributed by atoms with Crippen LogP contribution in [0.3, 0.4) is 0 Å². The predicted molar refractivity (Wildman–Crippen MR) is 138 cm³/mol. The van der Waals surface area contributed by atoms with E-state index in [0.717, 1.165) is 0 Å². The molecule has 11 nitrogen and oxygen atoms in total. The van der Waals surface area contributed by atoms with Crippen LogP contribution in [0.25, 0.3) is 5.76 Å². The van der Waals surface area contributed by atoms with Gasteiger partial charge in [-0.25, -0.2) is 4.39 Å². The van der Waals surface area contributed by atoms with Crippen molar-refractivity contribution in [2.45, 2.75) is 43.9 Å². The summed E-state index contributed by atoms with van der Waals surface area (Å²) in [5.41, 5.74) is 1.61. The van der Waals surface area contributed by atoms with Gasteiger partial charge in [-0.3, -0.25) is 19.3 Å². The van der Waals surface area contributed by atoms with E-state index in [1.54, 1.807) is 33.0 Å². The molecule has 0 radical (unpaired) electrons. The van der Waals surface area contributed by atoms with Gasteiger partial charge in [0.05, 0.1) is 17.3 Å². The fraction of sp³-hybridized carbons (Fsp3) is 0.519. The minimum Gasteiger partial charge on any atom is -0.508 e. The molecule has 1 saturated carbocycles. The van der Waals surface area contributed by atoms with Crippen molar-refractivity contribution in [2.75, 3.05) is 39.5 Å². The summed E-state index contributed by atoms with van der Waals surface area (Å²) in [5, 5.41) is 48.3. The number of anilines is 1. The average Bonchev–Trinajstić information content (AvgIpc) is 2.88. The van der Waals surface area contributed by atoms with Crippen LogP contribution in [0.2, 0.25) is 0 Å². The Morgan fingerprint density at radius 1 is 1.21 bits per heavy atom. The van der Waals surface area contributed by atoms with Gasteiger partial charge in [0.25, 0.3) is 5.91 Å². The van der Waals surface area contributed by atoms with Gasteiger partial charge in [-0.2, -0.15) is 0 Å². The Balaban J connectivity index is 1.75. The molecule has 39 heavy (non-hydrogen) atoms. The van der Waals surface area contributed by atoms with Crippen LogP contribution >= 0.6 is 0 Å². The number of benzene rings is 1. The van der Waals surface area contributed by atoms with Crippen LogP contribution in [0.5, 0.6) is 5.75 Å². The number of rotatable bonds is 4. The summed E-state index contributed by atoms with van der Waals surface area (Å²) in [6.45, 7) is 2.49. The highest BCUT2D eigenvalue weighted by molar-refractivity contribution is 6.24. The minimum atomic E-state index is -2.74. The molecule has 5 atom stereocenters. The molecule has 1 aromatic carbocycles. The number of aliphatic hydroxyl groups is 3. The molecule has 1 heterocycles. The Kier molecular flexibility index (Phi) is 6.28. The first kappa shape index (κ1) is 27.1. The normalized spacial score (nSPS) is 30.2. The van der Waals surface area contributed by atoms with Gasteiger partial charge < -0.3 is 36.4 Å². The van der Waals surface area contributed by atoms with Crippen molar-refractivity contribution in [2.24, 2.45) is 17.6 Å². The second kappa shape index (κ2) is 9.04. The van der Waals surface area contributed by atoms with Gasteiger partial charge in [-0.05, 0) is 52.9 Å². The summed E-state index contributed by atoms with van der Waals surface area (Å²) in [6, 6.07) is -1.52. The Morgan fingerprint density at radius 2 is 1.87 bits per heavy atom. The molecule has 1 aromatic rings. The first-order valence-corrected chi connectivity index (χ1v) is 12.9. The predicted octanol–water partition coefficient (Wildman–Crippen LogP) is 0.912. The lowest BCUT2D eigenvalue weighted by molar-refractivity contribution is -0.154. The van der Waals surface area contributed by atoms with Gasteiger partial charge in [-0.15, -0.1) is 0 Å². The number of carbonyl (C=O) groups excluding carboxylic acids is 3. The highest BCUT2D eigenvalue weighted by Gasteiger charge is 2.64. The third-order valence-corrected chi connectivity index (χ3v) is 8.95. The smallest absolute Gasteiger partial charge is 0.255 e. The molecule has 0 saturated heterocycles. The number of aromatic hydroxyl groups is 1. The molecular formula is C27H33FN4O7. The SMILES string of the molecule is CCN(C)[C@@H]1C(=O)C(C(N)=O)=C(O)[C@@]2(O)C(=O)C3=C(O)c4c(O)c5c(c(F)c4C[C@H]3C[C@@H]12)C(N(C)C)CCN5. The largest absolute Gasteiger partial charge is 0.508 e. The molecule has 4 aliphatic rings. The highest BCUT2D eigenvalue weighted by atomic mass is 19.1. The van der Waals surface area contributed by atoms with Crippen LogP contribution in [-0.2, 0) is 20.8 Å². The first-order chi connectivity index (χ1) is 18.3. The number of hydrogen-bond donors (Lipinski definition) is 6. The molecule has 0 aromatic heterocycles. The van der Waals surface area contributed by atoms with E-state index >= 15 is 4.39 Å². The van der Waals surface area contributed by atoms with E-state index in [2.05, 4.69) is 5.32 Å². The number of ketones is 2. The number of aliphatic hydroxyl groups excluding tert-OH is 2. The fourth-order valence-electron chi connectivity index (χ4n) is 6.95. The molecule has 1 amide bonds. The third kappa shape index (κ3) is 3.47. The quantitative estimate of drug-likeness (QED) is 0.236. The molecule has 5 rings (SSSR count). The maximum Gasteiger partial charge on any atom is 0.255 e. The van der Waals surface area contributed by atoms with Crippen molar-refractivity contribution in [3.63, 3.8) is 0 Å². The second-order valence-corrected chi connectivity index (χ2v) is 11.1. The zero-order valence-corrected chi connectivity index (χ0v) is 22.2. The van der Waals surface area contributed by atoms with Crippen molar-refractivity contribution >= 4 is 28.9 Å². The van der Waals surface area contributed by atoms with Crippen LogP contribution in [0, 0.1) is 17.7 Å². The lowest BCUT2D eigenvalue weighted by Crippen LogP contribution is -2.66. The number of hydrogen-bond acceptors (Lipinski definition) is 10. The number of Topliss-reactive ketones (excluding diaryl/α,β-unsaturated/α-hetero) is 2. The summed E-state index contributed by atoms with van der Waals surface area (Å²) in [4.78, 5) is 42.8. The average molecular weight is 545 g/mol. The summed E-state index contributed by atoms with van der Waals surface area (Å²) in [6.07, 6.45) is 0.397. The van der Waals surface area contributed by atoms with Gasteiger partial charge in [0, 0.05) is 35.2 Å². The summed E-state index contributed by atoms with van der Waals surface area (Å²) in [7, 11) is 5.18. The topological polar surface area (TPSA) is 177 Å². The molecule has 3 aliphatic carbocycles. The summed E-state index contributed by atoms with van der Waals surface area (Å²) >= 11 is 0.